The molecule has 4 rings (SSSR count). The summed E-state index contributed by atoms with van der Waals surface area (Å²) >= 11 is 0. The van der Waals surface area contributed by atoms with Crippen LogP contribution < -0.4 is 9.64 Å². The lowest BCUT2D eigenvalue weighted by Gasteiger charge is -2.23. The Morgan fingerprint density at radius 1 is 1.10 bits per heavy atom. The Morgan fingerprint density at radius 2 is 1.93 bits per heavy atom. The van der Waals surface area contributed by atoms with Gasteiger partial charge in [0.1, 0.15) is 18.2 Å². The minimum absolute atomic E-state index is 0.122. The summed E-state index contributed by atoms with van der Waals surface area (Å²) in [5.74, 6) is 2.31. The summed E-state index contributed by atoms with van der Waals surface area (Å²) in [6, 6.07) is 3.74. The number of hydrogen-bond donors (Lipinski definition) is 1. The number of fused-ring (bicyclic) bond motifs is 1. The Bertz CT molecular complexity index is 1070. The minimum Gasteiger partial charge on any atom is -0.504 e. The molecular formula is C22H25N5O2. The second-order valence-electron chi connectivity index (χ2n) is 7.32. The van der Waals surface area contributed by atoms with Crippen molar-refractivity contribution in [3.05, 3.63) is 52.9 Å². The van der Waals surface area contributed by atoms with Crippen LogP contribution in [0.5, 0.6) is 11.5 Å². The van der Waals surface area contributed by atoms with E-state index in [1.807, 2.05) is 33.0 Å². The van der Waals surface area contributed by atoms with Crippen molar-refractivity contribution in [2.75, 3.05) is 18.1 Å². The van der Waals surface area contributed by atoms with Crippen LogP contribution in [-0.4, -0.2) is 38.2 Å². The maximum Gasteiger partial charge on any atom is 0.166 e. The number of benzene rings is 1. The van der Waals surface area contributed by atoms with E-state index in [1.165, 1.54) is 0 Å². The van der Waals surface area contributed by atoms with Crippen molar-refractivity contribution in [1.29, 1.82) is 0 Å². The molecule has 7 heteroatoms. The van der Waals surface area contributed by atoms with Crippen molar-refractivity contribution in [3.63, 3.8) is 0 Å². The molecule has 0 bridgehead atoms. The van der Waals surface area contributed by atoms with Crippen LogP contribution in [0.25, 0.3) is 11.3 Å². The molecule has 2 aromatic heterocycles. The van der Waals surface area contributed by atoms with E-state index in [0.29, 0.717) is 25.4 Å². The van der Waals surface area contributed by atoms with Gasteiger partial charge in [-0.3, -0.25) is 4.98 Å². The van der Waals surface area contributed by atoms with E-state index in [-0.39, 0.29) is 5.75 Å². The number of ether oxygens (including phenoxy) is 1. The third-order valence-electron chi connectivity index (χ3n) is 5.11. The zero-order chi connectivity index (χ0) is 20.5. The van der Waals surface area contributed by atoms with Gasteiger partial charge >= 0.3 is 0 Å². The molecule has 0 amide bonds. The normalized spacial score (nSPS) is 13.6. The van der Waals surface area contributed by atoms with Gasteiger partial charge < -0.3 is 14.7 Å². The van der Waals surface area contributed by atoms with E-state index >= 15 is 0 Å². The van der Waals surface area contributed by atoms with Crippen LogP contribution in [0.3, 0.4) is 0 Å². The van der Waals surface area contributed by atoms with Gasteiger partial charge in [-0.25, -0.2) is 15.0 Å². The van der Waals surface area contributed by atoms with E-state index < -0.39 is 0 Å². The van der Waals surface area contributed by atoms with Crippen LogP contribution in [0.4, 0.5) is 5.82 Å². The van der Waals surface area contributed by atoms with Crippen LogP contribution in [0, 0.1) is 20.8 Å². The van der Waals surface area contributed by atoms with E-state index in [1.54, 1.807) is 12.3 Å². The third-order valence-corrected chi connectivity index (χ3v) is 5.11. The van der Waals surface area contributed by atoms with Gasteiger partial charge in [-0.2, -0.15) is 0 Å². The summed E-state index contributed by atoms with van der Waals surface area (Å²) in [4.78, 5) is 20.2. The predicted molar refractivity (Wildman–Crippen MR) is 111 cm³/mol. The van der Waals surface area contributed by atoms with Crippen molar-refractivity contribution < 1.29 is 9.84 Å². The second kappa shape index (κ2) is 7.66. The lowest BCUT2D eigenvalue weighted by atomic mass is 10.0. The lowest BCUT2D eigenvalue weighted by molar-refractivity contribution is 0.311. The first-order valence-corrected chi connectivity index (χ1v) is 9.83. The maximum atomic E-state index is 10.7. The summed E-state index contributed by atoms with van der Waals surface area (Å²) < 4.78 is 5.91. The first-order chi connectivity index (χ1) is 14.0. The quantitative estimate of drug-likeness (QED) is 0.731. The summed E-state index contributed by atoms with van der Waals surface area (Å²) in [6.07, 6.45) is 4.49. The maximum absolute atomic E-state index is 10.7. The van der Waals surface area contributed by atoms with Crippen molar-refractivity contribution in [2.45, 2.75) is 40.7 Å². The third kappa shape index (κ3) is 3.72. The van der Waals surface area contributed by atoms with E-state index in [2.05, 4.69) is 31.8 Å². The van der Waals surface area contributed by atoms with Crippen LogP contribution in [0.15, 0.2) is 24.5 Å². The van der Waals surface area contributed by atoms with Crippen LogP contribution >= 0.6 is 0 Å². The average Bonchev–Trinajstić information content (AvgIpc) is 2.92. The Balaban J connectivity index is 1.78. The largest absolute Gasteiger partial charge is 0.504 e. The van der Waals surface area contributed by atoms with Crippen molar-refractivity contribution in [1.82, 2.24) is 19.9 Å². The topological polar surface area (TPSA) is 84.3 Å². The highest BCUT2D eigenvalue weighted by molar-refractivity contribution is 5.68. The van der Waals surface area contributed by atoms with Gasteiger partial charge in [0, 0.05) is 35.6 Å². The first kappa shape index (κ1) is 19.1. The summed E-state index contributed by atoms with van der Waals surface area (Å²) in [6.45, 7) is 9.56. The van der Waals surface area contributed by atoms with E-state index in [0.717, 1.165) is 51.8 Å². The Morgan fingerprint density at radius 3 is 2.72 bits per heavy atom. The molecule has 0 unspecified atom stereocenters. The molecule has 0 spiro atoms. The van der Waals surface area contributed by atoms with Crippen molar-refractivity contribution in [3.8, 4) is 22.8 Å². The predicted octanol–water partition coefficient (Wildman–Crippen LogP) is 3.53. The molecule has 1 aromatic carbocycles. The fourth-order valence-electron chi connectivity index (χ4n) is 3.63. The van der Waals surface area contributed by atoms with E-state index in [9.17, 15) is 5.11 Å². The zero-order valence-electron chi connectivity index (χ0n) is 17.2. The summed E-state index contributed by atoms with van der Waals surface area (Å²) in [5, 5.41) is 10.7. The highest BCUT2D eigenvalue weighted by Crippen LogP contribution is 2.38. The average molecular weight is 391 g/mol. The molecule has 0 fully saturated rings. The number of phenolic OH excluding ortho intramolecular Hbond substituents is 1. The summed E-state index contributed by atoms with van der Waals surface area (Å²) in [5.41, 5.74) is 5.25. The Hall–Kier alpha value is -3.22. The minimum atomic E-state index is 0.122. The van der Waals surface area contributed by atoms with Gasteiger partial charge in [-0.15, -0.1) is 0 Å². The molecule has 0 radical (unpaired) electrons. The highest BCUT2D eigenvalue weighted by Gasteiger charge is 2.23. The van der Waals surface area contributed by atoms with Gasteiger partial charge in [-0.1, -0.05) is 6.92 Å². The standard InChI is InChI=1S/C22H25N5O2/c1-5-16-11-24-15(4)26-22(16)27-6-7-29-21-18(12-27)8-17(9-19(21)28)20-14(3)23-10-13(2)25-20/h8-11,28H,5-7,12H2,1-4H3. The Kier molecular flexibility index (Phi) is 5.05. The number of aromatic nitrogens is 4. The molecule has 29 heavy (non-hydrogen) atoms. The molecule has 0 aliphatic carbocycles. The van der Waals surface area contributed by atoms with Crippen LogP contribution in [0.1, 0.15) is 35.3 Å². The van der Waals surface area contributed by atoms with Gasteiger partial charge in [0.2, 0.25) is 0 Å². The number of anilines is 1. The molecule has 0 saturated heterocycles. The molecule has 7 nitrogen and oxygen atoms in total. The van der Waals surface area contributed by atoms with Gasteiger partial charge in [0.25, 0.3) is 0 Å². The molecule has 0 saturated carbocycles. The zero-order valence-corrected chi connectivity index (χ0v) is 17.2. The number of phenols is 1. The molecule has 1 N–H and O–H groups in total. The van der Waals surface area contributed by atoms with Gasteiger partial charge in [0.05, 0.1) is 23.6 Å². The van der Waals surface area contributed by atoms with Crippen molar-refractivity contribution in [2.24, 2.45) is 0 Å². The first-order valence-electron chi connectivity index (χ1n) is 9.83. The molecule has 150 valence electrons. The molecule has 1 aliphatic rings. The van der Waals surface area contributed by atoms with E-state index in [4.69, 9.17) is 4.74 Å². The number of rotatable bonds is 3. The van der Waals surface area contributed by atoms with Crippen LogP contribution in [0.2, 0.25) is 0 Å². The molecule has 3 aromatic rings. The van der Waals surface area contributed by atoms with Crippen LogP contribution in [-0.2, 0) is 13.0 Å². The number of aryl methyl sites for hydroxylation is 4. The number of aromatic hydroxyl groups is 1. The number of nitrogens with zero attached hydrogens (tertiary/aromatic N) is 5. The second-order valence-corrected chi connectivity index (χ2v) is 7.32. The SMILES string of the molecule is CCc1cnc(C)nc1N1CCOc2c(O)cc(-c3nc(C)cnc3C)cc2C1. The monoisotopic (exact) mass is 391 g/mol. The fourth-order valence-corrected chi connectivity index (χ4v) is 3.63. The lowest BCUT2D eigenvalue weighted by Crippen LogP contribution is -2.27. The highest BCUT2D eigenvalue weighted by atomic mass is 16.5. The molecule has 1 aliphatic heterocycles. The molecule has 3 heterocycles. The Labute approximate surface area is 170 Å². The molecule has 0 atom stereocenters. The van der Waals surface area contributed by atoms with Gasteiger partial charge in [-0.05, 0) is 39.3 Å². The van der Waals surface area contributed by atoms with Crippen molar-refractivity contribution >= 4 is 5.82 Å². The van der Waals surface area contributed by atoms with Gasteiger partial charge in [0.15, 0.2) is 11.5 Å². The summed E-state index contributed by atoms with van der Waals surface area (Å²) in [7, 11) is 0. The number of hydrogen-bond acceptors (Lipinski definition) is 7. The smallest absolute Gasteiger partial charge is 0.166 e. The fraction of sp³-hybridized carbons (Fsp3) is 0.364. The molecular weight excluding hydrogens is 366 g/mol.